The molecule has 0 radical (unpaired) electrons. The monoisotopic (exact) mass is 481 g/mol. The fourth-order valence-corrected chi connectivity index (χ4v) is 5.94. The highest BCUT2D eigenvalue weighted by Crippen LogP contribution is 2.32. The largest absolute Gasteiger partial charge is 0.363 e. The summed E-state index contributed by atoms with van der Waals surface area (Å²) in [5.74, 6) is 0.0551. The Morgan fingerprint density at radius 1 is 1.11 bits per heavy atom. The Kier molecular flexibility index (Phi) is 6.23. The van der Waals surface area contributed by atoms with Gasteiger partial charge in [0, 0.05) is 38.0 Å². The number of carbonyl (C=O) groups is 2. The molecule has 0 aliphatic carbocycles. The summed E-state index contributed by atoms with van der Waals surface area (Å²) < 4.78 is 6.10. The number of benzene rings is 1. The summed E-state index contributed by atoms with van der Waals surface area (Å²) in [6, 6.07) is 5.89. The number of hydrogen-bond donors (Lipinski definition) is 4. The van der Waals surface area contributed by atoms with E-state index < -0.39 is 0 Å². The Labute approximate surface area is 206 Å². The van der Waals surface area contributed by atoms with Crippen LogP contribution < -0.4 is 21.3 Å². The summed E-state index contributed by atoms with van der Waals surface area (Å²) in [7, 11) is 1.82. The lowest BCUT2D eigenvalue weighted by atomic mass is 10.0. The zero-order valence-corrected chi connectivity index (χ0v) is 20.2. The molecule has 2 amide bonds. The van der Waals surface area contributed by atoms with Crippen LogP contribution in [0.3, 0.4) is 0 Å². The molecule has 10 nitrogen and oxygen atoms in total. The van der Waals surface area contributed by atoms with Gasteiger partial charge in [0.25, 0.3) is 5.91 Å². The van der Waals surface area contributed by atoms with Gasteiger partial charge in [-0.15, -0.1) is 0 Å². The van der Waals surface area contributed by atoms with Gasteiger partial charge in [-0.25, -0.2) is 0 Å². The van der Waals surface area contributed by atoms with E-state index in [4.69, 9.17) is 4.74 Å². The minimum Gasteiger partial charge on any atom is -0.363 e. The number of nitrogens with one attached hydrogen (secondary N) is 4. The van der Waals surface area contributed by atoms with Crippen LogP contribution in [0.5, 0.6) is 0 Å². The van der Waals surface area contributed by atoms with Crippen molar-refractivity contribution in [3.05, 3.63) is 41.5 Å². The molecule has 1 aromatic rings. The highest BCUT2D eigenvalue weighted by Gasteiger charge is 2.52. The molecule has 0 saturated carbocycles. The standard InChI is InChI=1S/C25H35N7O3/c1-30-15-16-13-17(9-10-18(16)23(30)33)27-25-26-14-19-22(29-25)32-20-7-6-8-21(28-20)35-12-5-3-2-4-11-31(32)24(19)34/h2,4,9-10,13,19-22,25-29H,3,5-8,11-12,14-15H2,1H3/b4-2-. The average Bonchev–Trinajstić information content (AvgIpc) is 3.29. The SMILES string of the molecule is CN1Cc2cc(NC3NCC4C(=O)N5C/C=C\CCCOC6CCCC(N6)N5C4N3)ccc2C1=O. The Bertz CT molecular complexity index is 1020. The van der Waals surface area contributed by atoms with E-state index in [1.807, 2.05) is 30.3 Å². The lowest BCUT2D eigenvalue weighted by molar-refractivity contribution is -0.149. The van der Waals surface area contributed by atoms with Crippen LogP contribution in [0.2, 0.25) is 0 Å². The molecule has 4 N–H and O–H groups in total. The van der Waals surface area contributed by atoms with Gasteiger partial charge in [-0.2, -0.15) is 5.01 Å². The molecular formula is C25H35N7O3. The third-order valence-electron chi connectivity index (χ3n) is 7.72. The summed E-state index contributed by atoms with van der Waals surface area (Å²) in [5.41, 5.74) is 2.75. The zero-order chi connectivity index (χ0) is 23.9. The molecule has 5 unspecified atom stereocenters. The van der Waals surface area contributed by atoms with Gasteiger partial charge in [0.15, 0.2) is 0 Å². The minimum atomic E-state index is -0.204. The molecule has 0 aromatic heterocycles. The highest BCUT2D eigenvalue weighted by molar-refractivity contribution is 5.98. The van der Waals surface area contributed by atoms with Gasteiger partial charge >= 0.3 is 0 Å². The first kappa shape index (κ1) is 22.9. The van der Waals surface area contributed by atoms with Crippen LogP contribution in [-0.2, 0) is 16.1 Å². The summed E-state index contributed by atoms with van der Waals surface area (Å²) in [6.45, 7) is 2.55. The van der Waals surface area contributed by atoms with Gasteiger partial charge in [0.05, 0.1) is 24.8 Å². The number of fused-ring (bicyclic) bond motifs is 7. The van der Waals surface area contributed by atoms with Crippen LogP contribution in [0.1, 0.15) is 48.0 Å². The number of carbonyl (C=O) groups excluding carboxylic acids is 2. The van der Waals surface area contributed by atoms with Crippen molar-refractivity contribution in [1.29, 1.82) is 0 Å². The number of ether oxygens (including phenoxy) is 1. The van der Waals surface area contributed by atoms with Crippen LogP contribution in [-0.4, -0.2) is 78.3 Å². The van der Waals surface area contributed by atoms with Crippen molar-refractivity contribution in [3.8, 4) is 0 Å². The fraction of sp³-hybridized carbons (Fsp3) is 0.600. The van der Waals surface area contributed by atoms with Crippen molar-refractivity contribution in [2.45, 2.75) is 63.5 Å². The second-order valence-electron chi connectivity index (χ2n) is 10.1. The number of rotatable bonds is 2. The second-order valence-corrected chi connectivity index (χ2v) is 10.1. The molecule has 3 saturated heterocycles. The molecule has 5 heterocycles. The number of anilines is 1. The number of nitrogens with zero attached hydrogens (tertiary/aromatic N) is 3. The van der Waals surface area contributed by atoms with Crippen LogP contribution in [0.25, 0.3) is 0 Å². The second kappa shape index (κ2) is 9.51. The van der Waals surface area contributed by atoms with E-state index >= 15 is 0 Å². The lowest BCUT2D eigenvalue weighted by Crippen LogP contribution is -2.68. The van der Waals surface area contributed by atoms with Gasteiger partial charge in [-0.05, 0) is 55.9 Å². The Morgan fingerprint density at radius 2 is 2.03 bits per heavy atom. The van der Waals surface area contributed by atoms with Crippen molar-refractivity contribution in [2.75, 3.05) is 32.1 Å². The molecule has 10 heteroatoms. The molecule has 3 fully saturated rings. The third-order valence-corrected chi connectivity index (χ3v) is 7.72. The Morgan fingerprint density at radius 3 is 2.94 bits per heavy atom. The zero-order valence-electron chi connectivity index (χ0n) is 20.2. The molecule has 5 aliphatic heterocycles. The predicted molar refractivity (Wildman–Crippen MR) is 131 cm³/mol. The van der Waals surface area contributed by atoms with Gasteiger partial charge in [-0.1, -0.05) is 12.2 Å². The fourth-order valence-electron chi connectivity index (χ4n) is 5.94. The maximum absolute atomic E-state index is 13.5. The maximum atomic E-state index is 13.5. The van der Waals surface area contributed by atoms with E-state index in [-0.39, 0.29) is 42.6 Å². The summed E-state index contributed by atoms with van der Waals surface area (Å²) in [4.78, 5) is 27.4. The van der Waals surface area contributed by atoms with Gasteiger partial charge < -0.3 is 15.0 Å². The number of allylic oxidation sites excluding steroid dienone is 1. The van der Waals surface area contributed by atoms with Crippen LogP contribution in [0.15, 0.2) is 30.4 Å². The average molecular weight is 482 g/mol. The van der Waals surface area contributed by atoms with Gasteiger partial charge in [0.1, 0.15) is 12.5 Å². The molecule has 5 atom stereocenters. The Hall–Kier alpha value is -2.50. The van der Waals surface area contributed by atoms with Crippen LogP contribution in [0, 0.1) is 5.92 Å². The summed E-state index contributed by atoms with van der Waals surface area (Å²) >= 11 is 0. The number of hydrogen-bond acceptors (Lipinski definition) is 8. The van der Waals surface area contributed by atoms with Crippen molar-refractivity contribution in [3.63, 3.8) is 0 Å². The van der Waals surface area contributed by atoms with E-state index in [1.165, 1.54) is 0 Å². The molecule has 6 rings (SSSR count). The van der Waals surface area contributed by atoms with Crippen molar-refractivity contribution >= 4 is 17.5 Å². The lowest BCUT2D eigenvalue weighted by Gasteiger charge is -2.45. The third kappa shape index (κ3) is 4.34. The van der Waals surface area contributed by atoms with Crippen LogP contribution >= 0.6 is 0 Å². The topological polar surface area (TPSA) is 101 Å². The maximum Gasteiger partial charge on any atom is 0.254 e. The molecule has 2 bridgehead atoms. The van der Waals surface area contributed by atoms with E-state index in [0.717, 1.165) is 55.5 Å². The molecule has 188 valence electrons. The molecule has 0 spiro atoms. The van der Waals surface area contributed by atoms with Gasteiger partial charge in [-0.3, -0.25) is 30.5 Å². The molecule has 1 aromatic carbocycles. The van der Waals surface area contributed by atoms with Gasteiger partial charge in [0.2, 0.25) is 5.91 Å². The first-order valence-electron chi connectivity index (χ1n) is 12.8. The number of piperidine rings is 1. The van der Waals surface area contributed by atoms with E-state index in [1.54, 1.807) is 4.90 Å². The molecular weight excluding hydrogens is 446 g/mol. The number of amides is 2. The molecule has 35 heavy (non-hydrogen) atoms. The van der Waals surface area contributed by atoms with Crippen molar-refractivity contribution in [1.82, 2.24) is 30.9 Å². The van der Waals surface area contributed by atoms with E-state index in [2.05, 4.69) is 38.4 Å². The minimum absolute atomic E-state index is 0.0241. The quantitative estimate of drug-likeness (QED) is 0.464. The van der Waals surface area contributed by atoms with E-state index in [9.17, 15) is 9.59 Å². The normalized spacial score (nSPS) is 34.5. The number of hydrazine groups is 1. The smallest absolute Gasteiger partial charge is 0.254 e. The first-order chi connectivity index (χ1) is 17.1. The van der Waals surface area contributed by atoms with Crippen molar-refractivity contribution in [2.24, 2.45) is 5.92 Å². The first-order valence-corrected chi connectivity index (χ1v) is 12.8. The van der Waals surface area contributed by atoms with Crippen LogP contribution in [0.4, 0.5) is 5.69 Å². The summed E-state index contributed by atoms with van der Waals surface area (Å²) in [5, 5.41) is 18.4. The summed E-state index contributed by atoms with van der Waals surface area (Å²) in [6.07, 6.45) is 8.98. The predicted octanol–water partition coefficient (Wildman–Crippen LogP) is 0.954. The van der Waals surface area contributed by atoms with E-state index in [0.29, 0.717) is 19.6 Å². The van der Waals surface area contributed by atoms with Crippen molar-refractivity contribution < 1.29 is 14.3 Å². The highest BCUT2D eigenvalue weighted by atomic mass is 16.5. The Balaban J connectivity index is 1.21. The molecule has 5 aliphatic rings.